The summed E-state index contributed by atoms with van der Waals surface area (Å²) in [5.41, 5.74) is 2.03. The van der Waals surface area contributed by atoms with Crippen molar-refractivity contribution in [1.82, 2.24) is 19.9 Å². The number of aryl methyl sites for hydroxylation is 2. The standard InChI is InChI=1S/C19H22N4O3/c1-13-3-4-15(9-21-13)18(24)23-11-19(12-23)7-16(5-6-25-19)26-17-10-20-8-14(2)22-17/h3-4,8-10,16H,5-7,11-12H2,1-2H3/t16-/m0/s1. The molecule has 0 aromatic carbocycles. The SMILES string of the molecule is Cc1ccc(C(=O)N2CC3(C[C@@H](Oc4cncc(C)n4)CCO3)C2)cn1. The third-order valence-corrected chi connectivity index (χ3v) is 4.87. The number of carbonyl (C=O) groups excluding carboxylic acids is 1. The monoisotopic (exact) mass is 354 g/mol. The maximum Gasteiger partial charge on any atom is 0.255 e. The van der Waals surface area contributed by atoms with Gasteiger partial charge in [-0.1, -0.05) is 0 Å². The van der Waals surface area contributed by atoms with Gasteiger partial charge in [0.25, 0.3) is 5.91 Å². The Morgan fingerprint density at radius 3 is 2.81 bits per heavy atom. The molecule has 2 aliphatic rings. The van der Waals surface area contributed by atoms with Gasteiger partial charge in [0, 0.05) is 30.9 Å². The summed E-state index contributed by atoms with van der Waals surface area (Å²) in [6, 6.07) is 3.67. The second kappa shape index (κ2) is 6.64. The van der Waals surface area contributed by atoms with Crippen LogP contribution < -0.4 is 4.74 Å². The lowest BCUT2D eigenvalue weighted by molar-refractivity contribution is -0.174. The number of ether oxygens (including phenoxy) is 2. The van der Waals surface area contributed by atoms with Crippen LogP contribution >= 0.6 is 0 Å². The van der Waals surface area contributed by atoms with Crippen molar-refractivity contribution >= 4 is 5.91 Å². The smallest absolute Gasteiger partial charge is 0.255 e. The van der Waals surface area contributed by atoms with Crippen molar-refractivity contribution in [2.45, 2.75) is 38.4 Å². The number of hydrogen-bond acceptors (Lipinski definition) is 6. The van der Waals surface area contributed by atoms with E-state index in [0.29, 0.717) is 31.1 Å². The van der Waals surface area contributed by atoms with Crippen LogP contribution in [0.2, 0.25) is 0 Å². The fraction of sp³-hybridized carbons (Fsp3) is 0.474. The van der Waals surface area contributed by atoms with E-state index in [1.807, 2.05) is 26.0 Å². The highest BCUT2D eigenvalue weighted by Crippen LogP contribution is 2.36. The average molecular weight is 354 g/mol. The molecule has 4 heterocycles. The quantitative estimate of drug-likeness (QED) is 0.838. The molecule has 26 heavy (non-hydrogen) atoms. The molecule has 2 aliphatic heterocycles. The highest BCUT2D eigenvalue weighted by molar-refractivity contribution is 5.94. The zero-order valence-corrected chi connectivity index (χ0v) is 15.0. The van der Waals surface area contributed by atoms with Crippen molar-refractivity contribution in [1.29, 1.82) is 0 Å². The predicted molar refractivity (Wildman–Crippen MR) is 94.0 cm³/mol. The first-order valence-corrected chi connectivity index (χ1v) is 8.84. The number of likely N-dealkylation sites (tertiary alicyclic amines) is 1. The van der Waals surface area contributed by atoms with E-state index in [9.17, 15) is 4.79 Å². The van der Waals surface area contributed by atoms with Crippen LogP contribution in [0, 0.1) is 13.8 Å². The van der Waals surface area contributed by atoms with Gasteiger partial charge >= 0.3 is 0 Å². The molecule has 0 unspecified atom stereocenters. The number of rotatable bonds is 3. The van der Waals surface area contributed by atoms with E-state index in [0.717, 1.165) is 24.2 Å². The molecule has 4 rings (SSSR count). The molecule has 2 aromatic rings. The normalized spacial score (nSPS) is 21.3. The predicted octanol–water partition coefficient (Wildman–Crippen LogP) is 1.94. The minimum atomic E-state index is -0.312. The molecule has 136 valence electrons. The van der Waals surface area contributed by atoms with Crippen LogP contribution in [0.3, 0.4) is 0 Å². The summed E-state index contributed by atoms with van der Waals surface area (Å²) in [6.45, 7) is 5.58. The first kappa shape index (κ1) is 16.9. The van der Waals surface area contributed by atoms with Crippen LogP contribution in [-0.4, -0.2) is 57.2 Å². The number of nitrogens with zero attached hydrogens (tertiary/aromatic N) is 4. The van der Waals surface area contributed by atoms with E-state index in [4.69, 9.17) is 9.47 Å². The molecule has 1 atom stereocenters. The molecule has 2 aromatic heterocycles. The van der Waals surface area contributed by atoms with E-state index in [-0.39, 0.29) is 17.6 Å². The van der Waals surface area contributed by atoms with Gasteiger partial charge < -0.3 is 14.4 Å². The topological polar surface area (TPSA) is 77.4 Å². The van der Waals surface area contributed by atoms with Gasteiger partial charge in [0.2, 0.25) is 5.88 Å². The number of amides is 1. The van der Waals surface area contributed by atoms with Crippen molar-refractivity contribution in [2.24, 2.45) is 0 Å². The van der Waals surface area contributed by atoms with Gasteiger partial charge in [-0.15, -0.1) is 0 Å². The molecule has 7 nitrogen and oxygen atoms in total. The molecule has 0 radical (unpaired) electrons. The minimum absolute atomic E-state index is 0.000632. The van der Waals surface area contributed by atoms with Gasteiger partial charge in [0.05, 0.1) is 37.2 Å². The zero-order chi connectivity index (χ0) is 18.1. The van der Waals surface area contributed by atoms with Gasteiger partial charge in [-0.3, -0.25) is 14.8 Å². The Kier molecular flexibility index (Phi) is 4.32. The van der Waals surface area contributed by atoms with Gasteiger partial charge in [0.15, 0.2) is 0 Å². The van der Waals surface area contributed by atoms with Crippen LogP contribution in [0.1, 0.15) is 34.6 Å². The summed E-state index contributed by atoms with van der Waals surface area (Å²) in [4.78, 5) is 27.0. The van der Waals surface area contributed by atoms with Crippen molar-refractivity contribution in [3.63, 3.8) is 0 Å². The van der Waals surface area contributed by atoms with Crippen molar-refractivity contribution in [3.8, 4) is 5.88 Å². The van der Waals surface area contributed by atoms with Gasteiger partial charge in [-0.25, -0.2) is 4.98 Å². The summed E-state index contributed by atoms with van der Waals surface area (Å²) in [5, 5.41) is 0. The van der Waals surface area contributed by atoms with E-state index in [1.165, 1.54) is 0 Å². The highest BCUT2D eigenvalue weighted by Gasteiger charge is 2.50. The summed E-state index contributed by atoms with van der Waals surface area (Å²) in [5.74, 6) is 0.546. The lowest BCUT2D eigenvalue weighted by atomic mass is 9.84. The van der Waals surface area contributed by atoms with Crippen molar-refractivity contribution in [2.75, 3.05) is 19.7 Å². The first-order valence-electron chi connectivity index (χ1n) is 8.84. The van der Waals surface area contributed by atoms with Crippen LogP contribution in [0.5, 0.6) is 5.88 Å². The molecule has 0 saturated carbocycles. The molecule has 0 aliphatic carbocycles. The number of hydrogen-bond donors (Lipinski definition) is 0. The Morgan fingerprint density at radius 2 is 2.08 bits per heavy atom. The number of pyridine rings is 1. The van der Waals surface area contributed by atoms with Crippen LogP contribution in [-0.2, 0) is 4.74 Å². The lowest BCUT2D eigenvalue weighted by Gasteiger charge is -2.52. The Balaban J connectivity index is 1.36. The third-order valence-electron chi connectivity index (χ3n) is 4.87. The highest BCUT2D eigenvalue weighted by atomic mass is 16.5. The van der Waals surface area contributed by atoms with Gasteiger partial charge in [-0.2, -0.15) is 0 Å². The minimum Gasteiger partial charge on any atom is -0.473 e. The molecule has 0 bridgehead atoms. The fourth-order valence-corrected chi connectivity index (χ4v) is 3.54. The molecular weight excluding hydrogens is 332 g/mol. The molecule has 1 amide bonds. The third kappa shape index (κ3) is 3.39. The maximum atomic E-state index is 12.6. The summed E-state index contributed by atoms with van der Waals surface area (Å²) in [7, 11) is 0. The maximum absolute atomic E-state index is 12.6. The second-order valence-corrected chi connectivity index (χ2v) is 7.11. The Hall–Kier alpha value is -2.54. The van der Waals surface area contributed by atoms with E-state index in [2.05, 4.69) is 15.0 Å². The summed E-state index contributed by atoms with van der Waals surface area (Å²) in [6.07, 6.45) is 6.56. The average Bonchev–Trinajstić information content (AvgIpc) is 2.60. The lowest BCUT2D eigenvalue weighted by Crippen LogP contribution is -2.67. The second-order valence-electron chi connectivity index (χ2n) is 7.11. The summed E-state index contributed by atoms with van der Waals surface area (Å²) >= 11 is 0. The van der Waals surface area contributed by atoms with Gasteiger partial charge in [0.1, 0.15) is 11.7 Å². The molecule has 2 saturated heterocycles. The summed E-state index contributed by atoms with van der Waals surface area (Å²) < 4.78 is 12.0. The fourth-order valence-electron chi connectivity index (χ4n) is 3.54. The first-order chi connectivity index (χ1) is 12.5. The largest absolute Gasteiger partial charge is 0.473 e. The van der Waals surface area contributed by atoms with Crippen LogP contribution in [0.4, 0.5) is 0 Å². The molecule has 0 N–H and O–H groups in total. The zero-order valence-electron chi connectivity index (χ0n) is 15.0. The Bertz CT molecular complexity index is 803. The number of carbonyl (C=O) groups is 1. The van der Waals surface area contributed by atoms with E-state index < -0.39 is 0 Å². The van der Waals surface area contributed by atoms with Crippen LogP contribution in [0.15, 0.2) is 30.7 Å². The van der Waals surface area contributed by atoms with E-state index >= 15 is 0 Å². The Labute approximate surface area is 152 Å². The molecule has 2 fully saturated rings. The van der Waals surface area contributed by atoms with Crippen molar-refractivity contribution in [3.05, 3.63) is 47.7 Å². The van der Waals surface area contributed by atoms with Gasteiger partial charge in [-0.05, 0) is 26.0 Å². The van der Waals surface area contributed by atoms with E-state index in [1.54, 1.807) is 23.5 Å². The van der Waals surface area contributed by atoms with Crippen molar-refractivity contribution < 1.29 is 14.3 Å². The molecule has 7 heteroatoms. The Morgan fingerprint density at radius 1 is 1.23 bits per heavy atom. The number of aromatic nitrogens is 3. The molecule has 1 spiro atoms. The van der Waals surface area contributed by atoms with Crippen LogP contribution in [0.25, 0.3) is 0 Å². The molecular formula is C19H22N4O3.